The molecule has 2 aromatic carbocycles. The smallest absolute Gasteiger partial charge is 0.235 e. The molecule has 0 aliphatic carbocycles. The summed E-state index contributed by atoms with van der Waals surface area (Å²) < 4.78 is 6.17. The Morgan fingerprint density at radius 3 is 1.97 bits per heavy atom. The number of ether oxygens (including phenoxy) is 1. The molecule has 1 amide bonds. The summed E-state index contributed by atoms with van der Waals surface area (Å²) in [7, 11) is 0. The number of fused-ring (bicyclic) bond motifs is 2. The van der Waals surface area contributed by atoms with Crippen LogP contribution in [0.25, 0.3) is 0 Å². The molecule has 2 bridgehead atoms. The van der Waals surface area contributed by atoms with E-state index in [0.29, 0.717) is 30.6 Å². The lowest BCUT2D eigenvalue weighted by Gasteiger charge is -2.47. The fraction of sp³-hybridized carbons (Fsp3) is 0.400. The molecular weight excluding hydrogens is 402 g/mol. The van der Waals surface area contributed by atoms with Gasteiger partial charge in [0.15, 0.2) is 0 Å². The van der Waals surface area contributed by atoms with Crippen LogP contribution in [0.3, 0.4) is 0 Å². The molecule has 2 fully saturated rings. The van der Waals surface area contributed by atoms with Crippen LogP contribution in [0.1, 0.15) is 22.3 Å². The lowest BCUT2D eigenvalue weighted by molar-refractivity contribution is -0.152. The minimum absolute atomic E-state index is 0.0475. The van der Waals surface area contributed by atoms with Gasteiger partial charge < -0.3 is 10.5 Å². The predicted octanol–water partition coefficient (Wildman–Crippen LogP) is 1.45. The second-order valence-electron chi connectivity index (χ2n) is 8.58. The van der Waals surface area contributed by atoms with Crippen molar-refractivity contribution in [2.24, 2.45) is 5.73 Å². The Kier molecular flexibility index (Phi) is 6.82. The highest BCUT2D eigenvalue weighted by Gasteiger charge is 2.38. The Morgan fingerprint density at radius 1 is 0.938 bits per heavy atom. The SMILES string of the molecule is N#Cc1ccc(CCN2CC3CN([C@H](Cc4ccc(C#N)cc4)C(N)=O)CC(C2)O3)cc1. The van der Waals surface area contributed by atoms with Gasteiger partial charge in [-0.2, -0.15) is 10.5 Å². The normalized spacial score (nSPS) is 21.9. The summed E-state index contributed by atoms with van der Waals surface area (Å²) >= 11 is 0. The first-order valence-electron chi connectivity index (χ1n) is 10.9. The molecule has 2 saturated heterocycles. The summed E-state index contributed by atoms with van der Waals surface area (Å²) in [5.74, 6) is -0.327. The van der Waals surface area contributed by atoms with Gasteiger partial charge in [0, 0.05) is 32.7 Å². The van der Waals surface area contributed by atoms with Gasteiger partial charge in [-0.25, -0.2) is 0 Å². The molecule has 2 aliphatic rings. The maximum atomic E-state index is 12.3. The molecular formula is C25H27N5O2. The van der Waals surface area contributed by atoms with Crippen LogP contribution < -0.4 is 5.73 Å². The monoisotopic (exact) mass is 429 g/mol. The molecule has 2 heterocycles. The van der Waals surface area contributed by atoms with Gasteiger partial charge in [0.05, 0.1) is 41.5 Å². The number of carbonyl (C=O) groups is 1. The number of benzene rings is 2. The van der Waals surface area contributed by atoms with E-state index in [1.165, 1.54) is 5.56 Å². The highest BCUT2D eigenvalue weighted by Crippen LogP contribution is 2.23. The molecule has 7 heteroatoms. The quantitative estimate of drug-likeness (QED) is 0.714. The van der Waals surface area contributed by atoms with Crippen LogP contribution in [0, 0.1) is 22.7 Å². The highest BCUT2D eigenvalue weighted by molar-refractivity contribution is 5.80. The summed E-state index contributed by atoms with van der Waals surface area (Å²) in [6, 6.07) is 19.0. The molecule has 0 radical (unpaired) electrons. The number of hydrogen-bond donors (Lipinski definition) is 1. The Hall–Kier alpha value is -3.23. The van der Waals surface area contributed by atoms with Gasteiger partial charge in [0.2, 0.25) is 5.91 Å². The number of amides is 1. The Labute approximate surface area is 188 Å². The zero-order chi connectivity index (χ0) is 22.5. The van der Waals surface area contributed by atoms with Crippen LogP contribution in [0.15, 0.2) is 48.5 Å². The zero-order valence-electron chi connectivity index (χ0n) is 18.0. The van der Waals surface area contributed by atoms with E-state index in [4.69, 9.17) is 21.0 Å². The van der Waals surface area contributed by atoms with E-state index in [2.05, 4.69) is 21.9 Å². The molecule has 0 saturated carbocycles. The number of hydrogen-bond acceptors (Lipinski definition) is 6. The van der Waals surface area contributed by atoms with Crippen molar-refractivity contribution in [2.45, 2.75) is 31.1 Å². The van der Waals surface area contributed by atoms with Gasteiger partial charge in [-0.05, 0) is 48.2 Å². The van der Waals surface area contributed by atoms with Crippen LogP contribution in [0.5, 0.6) is 0 Å². The van der Waals surface area contributed by atoms with Crippen molar-refractivity contribution in [3.8, 4) is 12.1 Å². The number of rotatable bonds is 7. The molecule has 2 unspecified atom stereocenters. The molecule has 2 aliphatic heterocycles. The van der Waals surface area contributed by atoms with Crippen molar-refractivity contribution in [3.05, 3.63) is 70.8 Å². The van der Waals surface area contributed by atoms with E-state index in [-0.39, 0.29) is 24.2 Å². The maximum Gasteiger partial charge on any atom is 0.235 e. The molecule has 164 valence electrons. The van der Waals surface area contributed by atoms with E-state index in [0.717, 1.165) is 31.6 Å². The minimum Gasteiger partial charge on any atom is -0.370 e. The van der Waals surface area contributed by atoms with Crippen LogP contribution in [0.4, 0.5) is 0 Å². The first kappa shape index (κ1) is 22.0. The molecule has 2 N–H and O–H groups in total. The fourth-order valence-corrected chi connectivity index (χ4v) is 4.63. The van der Waals surface area contributed by atoms with Crippen LogP contribution >= 0.6 is 0 Å². The van der Waals surface area contributed by atoms with Gasteiger partial charge in [-0.1, -0.05) is 24.3 Å². The van der Waals surface area contributed by atoms with E-state index in [1.807, 2.05) is 36.4 Å². The zero-order valence-corrected chi connectivity index (χ0v) is 18.0. The average molecular weight is 430 g/mol. The van der Waals surface area contributed by atoms with Crippen molar-refractivity contribution in [1.29, 1.82) is 10.5 Å². The lowest BCUT2D eigenvalue weighted by atomic mass is 9.99. The molecule has 0 aromatic heterocycles. The number of morpholine rings is 2. The molecule has 0 spiro atoms. The van der Waals surface area contributed by atoms with Crippen molar-refractivity contribution >= 4 is 5.91 Å². The van der Waals surface area contributed by atoms with Gasteiger partial charge in [-0.3, -0.25) is 14.6 Å². The number of primary amides is 1. The largest absolute Gasteiger partial charge is 0.370 e. The molecule has 32 heavy (non-hydrogen) atoms. The summed E-state index contributed by atoms with van der Waals surface area (Å²) in [5.41, 5.74) is 9.28. The molecule has 2 aromatic rings. The Bertz CT molecular complexity index is 1010. The molecule has 7 nitrogen and oxygen atoms in total. The molecule has 3 atom stereocenters. The predicted molar refractivity (Wildman–Crippen MR) is 119 cm³/mol. The third-order valence-electron chi connectivity index (χ3n) is 6.27. The fourth-order valence-electron chi connectivity index (χ4n) is 4.63. The summed E-state index contributed by atoms with van der Waals surface area (Å²) in [4.78, 5) is 16.9. The lowest BCUT2D eigenvalue weighted by Crippen LogP contribution is -2.63. The van der Waals surface area contributed by atoms with E-state index in [1.54, 1.807) is 12.1 Å². The third kappa shape index (κ3) is 5.33. The van der Waals surface area contributed by atoms with Gasteiger partial charge in [0.1, 0.15) is 0 Å². The third-order valence-corrected chi connectivity index (χ3v) is 6.27. The topological polar surface area (TPSA) is 106 Å². The summed E-state index contributed by atoms with van der Waals surface area (Å²) in [5, 5.41) is 17.9. The van der Waals surface area contributed by atoms with Crippen molar-refractivity contribution in [1.82, 2.24) is 9.80 Å². The highest BCUT2D eigenvalue weighted by atomic mass is 16.5. The number of nitrogens with zero attached hydrogens (tertiary/aromatic N) is 4. The number of nitrogens with two attached hydrogens (primary N) is 1. The first-order chi connectivity index (χ1) is 15.5. The van der Waals surface area contributed by atoms with Crippen LogP contribution in [-0.2, 0) is 22.4 Å². The first-order valence-corrected chi connectivity index (χ1v) is 10.9. The van der Waals surface area contributed by atoms with E-state index < -0.39 is 0 Å². The Balaban J connectivity index is 1.34. The van der Waals surface area contributed by atoms with Crippen LogP contribution in [0.2, 0.25) is 0 Å². The Morgan fingerprint density at radius 2 is 1.47 bits per heavy atom. The average Bonchev–Trinajstić information content (AvgIpc) is 2.81. The van der Waals surface area contributed by atoms with Crippen molar-refractivity contribution in [3.63, 3.8) is 0 Å². The van der Waals surface area contributed by atoms with Crippen LogP contribution in [-0.4, -0.2) is 66.7 Å². The van der Waals surface area contributed by atoms with E-state index in [9.17, 15) is 4.79 Å². The van der Waals surface area contributed by atoms with E-state index >= 15 is 0 Å². The standard InChI is InChI=1S/C25H27N5O2/c26-12-20-5-1-18(2-6-20)9-10-29-14-22-16-30(17-23(15-29)32-22)24(25(28)31)11-19-3-7-21(13-27)8-4-19/h1-8,22-24H,9-11,14-17H2,(H2,28,31)/t22?,23?,24-/m1/s1. The summed E-state index contributed by atoms with van der Waals surface area (Å²) in [6.45, 7) is 3.94. The van der Waals surface area contributed by atoms with Crippen molar-refractivity contribution in [2.75, 3.05) is 32.7 Å². The van der Waals surface area contributed by atoms with Crippen molar-refractivity contribution < 1.29 is 9.53 Å². The number of carbonyl (C=O) groups excluding carboxylic acids is 1. The molecule has 4 rings (SSSR count). The second kappa shape index (κ2) is 9.93. The van der Waals surface area contributed by atoms with Gasteiger partial charge in [-0.15, -0.1) is 0 Å². The second-order valence-corrected chi connectivity index (χ2v) is 8.58. The summed E-state index contributed by atoms with van der Waals surface area (Å²) in [6.07, 6.45) is 1.55. The number of nitriles is 2. The maximum absolute atomic E-state index is 12.3. The van der Waals surface area contributed by atoms with Gasteiger partial charge in [0.25, 0.3) is 0 Å². The van der Waals surface area contributed by atoms with Gasteiger partial charge >= 0.3 is 0 Å². The minimum atomic E-state index is -0.387.